The van der Waals surface area contributed by atoms with Crippen molar-refractivity contribution in [2.45, 2.75) is 25.7 Å². The van der Waals surface area contributed by atoms with E-state index in [0.29, 0.717) is 0 Å². The molecule has 0 atom stereocenters. The number of rotatable bonds is 2. The Labute approximate surface area is 273 Å². The van der Waals surface area contributed by atoms with Crippen LogP contribution in [0, 0.1) is 0 Å². The largest absolute Gasteiger partial charge is 0.508 e. The highest BCUT2D eigenvalue weighted by Gasteiger charge is 2.28. The molecule has 8 aromatic carbocycles. The molecule has 12 rings (SSSR count). The van der Waals surface area contributed by atoms with E-state index in [9.17, 15) is 10.2 Å². The molecule has 0 bridgehead atoms. The summed E-state index contributed by atoms with van der Waals surface area (Å²) in [7, 11) is 0. The maximum atomic E-state index is 11.2. The molecule has 0 saturated carbocycles. The summed E-state index contributed by atoms with van der Waals surface area (Å²) in [5.74, 6) is 0.454. The summed E-state index contributed by atoms with van der Waals surface area (Å²) >= 11 is 0. The molecule has 2 aliphatic rings. The van der Waals surface area contributed by atoms with Crippen molar-refractivity contribution in [1.29, 1.82) is 0 Å². The molecule has 4 nitrogen and oxygen atoms in total. The van der Waals surface area contributed by atoms with Gasteiger partial charge in [-0.3, -0.25) is 0 Å². The van der Waals surface area contributed by atoms with E-state index in [1.807, 2.05) is 24.3 Å². The third kappa shape index (κ3) is 2.93. The first-order chi connectivity index (χ1) is 23.6. The van der Waals surface area contributed by atoms with Gasteiger partial charge in [-0.25, -0.2) is 0 Å². The Kier molecular flexibility index (Phi) is 4.44. The first-order valence-electron chi connectivity index (χ1n) is 16.7. The van der Waals surface area contributed by atoms with Crippen molar-refractivity contribution in [2.75, 3.05) is 0 Å². The van der Waals surface area contributed by atoms with Gasteiger partial charge in [-0.15, -0.1) is 0 Å². The zero-order chi connectivity index (χ0) is 31.4. The average Bonchev–Trinajstić information content (AvgIpc) is 3.64. The third-order valence-corrected chi connectivity index (χ3v) is 11.4. The summed E-state index contributed by atoms with van der Waals surface area (Å²) in [6.45, 7) is 0. The highest BCUT2D eigenvalue weighted by molar-refractivity contribution is 6.43. The van der Waals surface area contributed by atoms with Gasteiger partial charge in [-0.1, -0.05) is 72.8 Å². The summed E-state index contributed by atoms with van der Waals surface area (Å²) in [5, 5.41) is 32.5. The summed E-state index contributed by atoms with van der Waals surface area (Å²) in [4.78, 5) is 0. The van der Waals surface area contributed by atoms with E-state index in [-0.39, 0.29) is 11.5 Å². The van der Waals surface area contributed by atoms with Crippen LogP contribution in [0.1, 0.15) is 22.3 Å². The molecule has 0 radical (unpaired) electrons. The molecule has 0 spiro atoms. The van der Waals surface area contributed by atoms with Crippen LogP contribution in [-0.2, 0) is 25.7 Å². The molecule has 0 amide bonds. The second-order valence-corrected chi connectivity index (χ2v) is 13.7. The summed E-state index contributed by atoms with van der Waals surface area (Å²) in [6.07, 6.45) is 4.23. The molecular weight excluding hydrogens is 592 g/mol. The van der Waals surface area contributed by atoms with E-state index >= 15 is 0 Å². The number of fused-ring (bicyclic) bond motifs is 12. The van der Waals surface area contributed by atoms with Crippen LogP contribution in [0.4, 0.5) is 0 Å². The maximum absolute atomic E-state index is 11.2. The number of benzene rings is 8. The molecule has 2 aromatic heterocycles. The van der Waals surface area contributed by atoms with Crippen molar-refractivity contribution in [2.24, 2.45) is 0 Å². The molecule has 0 saturated heterocycles. The van der Waals surface area contributed by atoms with E-state index in [4.69, 9.17) is 8.83 Å². The van der Waals surface area contributed by atoms with Gasteiger partial charge >= 0.3 is 0 Å². The van der Waals surface area contributed by atoms with Crippen LogP contribution in [0.25, 0.3) is 98.4 Å². The van der Waals surface area contributed by atoms with Crippen molar-refractivity contribution in [1.82, 2.24) is 0 Å². The fraction of sp³-hybridized carbons (Fsp3) is 0.0909. The van der Waals surface area contributed by atoms with Crippen LogP contribution in [0.2, 0.25) is 0 Å². The highest BCUT2D eigenvalue weighted by Crippen LogP contribution is 2.52. The van der Waals surface area contributed by atoms with Gasteiger partial charge in [0, 0.05) is 48.8 Å². The third-order valence-electron chi connectivity index (χ3n) is 11.4. The maximum Gasteiger partial charge on any atom is 0.143 e. The number of hydrogen-bond acceptors (Lipinski definition) is 4. The van der Waals surface area contributed by atoms with Crippen molar-refractivity contribution in [3.63, 3.8) is 0 Å². The lowest BCUT2D eigenvalue weighted by atomic mass is 9.82. The molecule has 226 valence electrons. The van der Waals surface area contributed by atoms with Gasteiger partial charge in [0.15, 0.2) is 0 Å². The minimum Gasteiger partial charge on any atom is -0.508 e. The SMILES string of the molecule is Oc1cc(-c2cccc3c2CC3)c2oc3c4cccc5c6oc7c(-c8cccc9c8CC9)cc(O)cc7c6c6cccc(c3c2c1)c6c45. The van der Waals surface area contributed by atoms with Crippen LogP contribution >= 0.6 is 0 Å². The Hall–Kier alpha value is -6.00. The van der Waals surface area contributed by atoms with E-state index in [0.717, 1.165) is 124 Å². The van der Waals surface area contributed by atoms with E-state index in [1.54, 1.807) is 0 Å². The van der Waals surface area contributed by atoms with Crippen molar-refractivity contribution < 1.29 is 19.0 Å². The number of phenols is 2. The van der Waals surface area contributed by atoms with Gasteiger partial charge in [-0.2, -0.15) is 0 Å². The van der Waals surface area contributed by atoms with Gasteiger partial charge in [0.25, 0.3) is 0 Å². The molecule has 10 aromatic rings. The summed E-state index contributed by atoms with van der Waals surface area (Å²) in [5.41, 5.74) is 12.8. The molecule has 0 fully saturated rings. The summed E-state index contributed by atoms with van der Waals surface area (Å²) in [6, 6.07) is 33.1. The Morgan fingerprint density at radius 2 is 0.812 bits per heavy atom. The predicted octanol–water partition coefficient (Wildman–Crippen LogP) is 11.3. The smallest absolute Gasteiger partial charge is 0.143 e. The number of hydrogen-bond donors (Lipinski definition) is 2. The van der Waals surface area contributed by atoms with Gasteiger partial charge < -0.3 is 19.0 Å². The topological polar surface area (TPSA) is 66.7 Å². The quantitative estimate of drug-likeness (QED) is 0.189. The Bertz CT molecular complexity index is 2880. The minimum atomic E-state index is 0.227. The monoisotopic (exact) mass is 618 g/mol. The van der Waals surface area contributed by atoms with Crippen LogP contribution in [0.3, 0.4) is 0 Å². The normalized spacial score (nSPS) is 14.1. The average molecular weight is 619 g/mol. The van der Waals surface area contributed by atoms with Crippen LogP contribution in [0.15, 0.2) is 106 Å². The zero-order valence-corrected chi connectivity index (χ0v) is 25.8. The number of phenolic OH excluding ortho intramolecular Hbond substituents is 2. The Balaban J connectivity index is 1.27. The van der Waals surface area contributed by atoms with Gasteiger partial charge in [0.2, 0.25) is 0 Å². The van der Waals surface area contributed by atoms with Gasteiger partial charge in [0.05, 0.1) is 0 Å². The Morgan fingerprint density at radius 1 is 0.375 bits per heavy atom. The van der Waals surface area contributed by atoms with Crippen LogP contribution < -0.4 is 0 Å². The number of aryl methyl sites for hydroxylation is 2. The lowest BCUT2D eigenvalue weighted by Crippen LogP contribution is -2.09. The van der Waals surface area contributed by atoms with Crippen molar-refractivity contribution >= 4 is 76.2 Å². The minimum absolute atomic E-state index is 0.227. The van der Waals surface area contributed by atoms with E-state index in [2.05, 4.69) is 72.8 Å². The standard InChI is InChI=1S/C44H26O4/c45-23-17-33(27-7-1-5-21-13-15-25(21)27)41-35(19-23)39-29-9-3-10-30-37(29)38-31(43(39)47-41)11-4-12-32(38)44-40(30)36-20-24(46)18-34(42(36)48-44)28-8-2-6-22-14-16-26(22)28/h1-12,17-20,45-46H,13-16H2. The first-order valence-corrected chi connectivity index (χ1v) is 16.7. The fourth-order valence-corrected chi connectivity index (χ4v) is 9.12. The molecule has 0 unspecified atom stereocenters. The molecule has 0 aliphatic heterocycles. The molecule has 48 heavy (non-hydrogen) atoms. The molecule has 2 N–H and O–H groups in total. The second kappa shape index (κ2) is 8.47. The molecule has 2 heterocycles. The van der Waals surface area contributed by atoms with Crippen LogP contribution in [0.5, 0.6) is 11.5 Å². The second-order valence-electron chi connectivity index (χ2n) is 13.7. The summed E-state index contributed by atoms with van der Waals surface area (Å²) < 4.78 is 13.9. The number of aromatic hydroxyl groups is 2. The van der Waals surface area contributed by atoms with Gasteiger partial charge in [-0.05, 0) is 99.5 Å². The number of furan rings is 2. The fourth-order valence-electron chi connectivity index (χ4n) is 9.12. The van der Waals surface area contributed by atoms with E-state index < -0.39 is 0 Å². The highest BCUT2D eigenvalue weighted by atomic mass is 16.3. The van der Waals surface area contributed by atoms with Crippen molar-refractivity contribution in [3.05, 3.63) is 119 Å². The van der Waals surface area contributed by atoms with Crippen molar-refractivity contribution in [3.8, 4) is 33.8 Å². The molecule has 2 aliphatic carbocycles. The zero-order valence-electron chi connectivity index (χ0n) is 25.8. The predicted molar refractivity (Wildman–Crippen MR) is 194 cm³/mol. The van der Waals surface area contributed by atoms with E-state index in [1.165, 1.54) is 22.3 Å². The van der Waals surface area contributed by atoms with Crippen LogP contribution in [-0.4, -0.2) is 10.2 Å². The molecule has 4 heteroatoms. The lowest BCUT2D eigenvalue weighted by Gasteiger charge is -2.22. The Morgan fingerprint density at radius 3 is 1.27 bits per heavy atom. The molecular formula is C44H26O4. The first kappa shape index (κ1) is 25.1. The van der Waals surface area contributed by atoms with Gasteiger partial charge in [0.1, 0.15) is 33.8 Å². The lowest BCUT2D eigenvalue weighted by molar-refractivity contribution is 0.475.